The van der Waals surface area contributed by atoms with Gasteiger partial charge in [0.2, 0.25) is 0 Å². The third kappa shape index (κ3) is 6.09. The molecule has 0 aromatic rings. The van der Waals surface area contributed by atoms with Gasteiger partial charge in [0.25, 0.3) is 0 Å². The van der Waals surface area contributed by atoms with Crippen molar-refractivity contribution in [2.24, 2.45) is 5.92 Å². The van der Waals surface area contributed by atoms with E-state index in [0.29, 0.717) is 0 Å². The van der Waals surface area contributed by atoms with E-state index >= 15 is 0 Å². The van der Waals surface area contributed by atoms with Gasteiger partial charge in [0, 0.05) is 6.04 Å². The van der Waals surface area contributed by atoms with Crippen LogP contribution in [-0.2, 0) is 0 Å². The van der Waals surface area contributed by atoms with Gasteiger partial charge in [-0.3, -0.25) is 0 Å². The maximum atomic E-state index is 3.39. The first-order valence-electron chi connectivity index (χ1n) is 5.93. The summed E-state index contributed by atoms with van der Waals surface area (Å²) in [6, 6.07) is 0.724. The van der Waals surface area contributed by atoms with Gasteiger partial charge in [0.15, 0.2) is 0 Å². The molecule has 0 fully saturated rings. The molecule has 0 rings (SSSR count). The van der Waals surface area contributed by atoms with Crippen LogP contribution in [0.4, 0.5) is 0 Å². The van der Waals surface area contributed by atoms with Gasteiger partial charge in [-0.05, 0) is 25.8 Å². The molecule has 0 radical (unpaired) electrons. The van der Waals surface area contributed by atoms with Crippen LogP contribution >= 0.6 is 0 Å². The summed E-state index contributed by atoms with van der Waals surface area (Å²) >= 11 is 0. The van der Waals surface area contributed by atoms with Gasteiger partial charge in [-0.25, -0.2) is 0 Å². The minimum Gasteiger partial charge on any atom is -0.317 e. The summed E-state index contributed by atoms with van der Waals surface area (Å²) in [4.78, 5) is 0. The lowest BCUT2D eigenvalue weighted by molar-refractivity contribution is 0.355. The van der Waals surface area contributed by atoms with E-state index in [1.165, 1.54) is 38.5 Å². The summed E-state index contributed by atoms with van der Waals surface area (Å²) in [7, 11) is 2.08. The molecule has 1 N–H and O–H groups in total. The molecule has 1 nitrogen and oxygen atoms in total. The highest BCUT2D eigenvalue weighted by atomic mass is 14.9. The predicted octanol–water partition coefficient (Wildman–Crippen LogP) is 3.59. The SMILES string of the molecule is CCCCCCC(C)C(CC)NC. The van der Waals surface area contributed by atoms with E-state index in [-0.39, 0.29) is 0 Å². The van der Waals surface area contributed by atoms with Crippen LogP contribution in [0.3, 0.4) is 0 Å². The van der Waals surface area contributed by atoms with Gasteiger partial charge < -0.3 is 5.32 Å². The van der Waals surface area contributed by atoms with Crippen molar-refractivity contribution in [1.82, 2.24) is 5.32 Å². The number of hydrogen-bond acceptors (Lipinski definition) is 1. The highest BCUT2D eigenvalue weighted by Crippen LogP contribution is 2.15. The van der Waals surface area contributed by atoms with E-state index in [2.05, 4.69) is 33.1 Å². The highest BCUT2D eigenvalue weighted by Gasteiger charge is 2.11. The lowest BCUT2D eigenvalue weighted by Gasteiger charge is -2.21. The maximum Gasteiger partial charge on any atom is 0.00870 e. The first kappa shape index (κ1) is 13.0. The molecule has 2 atom stereocenters. The Balaban J connectivity index is 3.42. The Morgan fingerprint density at radius 2 is 1.77 bits per heavy atom. The Bertz CT molecular complexity index is 97.3. The van der Waals surface area contributed by atoms with Crippen LogP contribution in [0, 0.1) is 5.92 Å². The number of nitrogens with one attached hydrogen (secondary N) is 1. The van der Waals surface area contributed by atoms with Crippen LogP contribution < -0.4 is 5.32 Å². The van der Waals surface area contributed by atoms with E-state index < -0.39 is 0 Å². The Kier molecular flexibility index (Phi) is 8.53. The molecule has 0 amide bonds. The molecular weight excluding hydrogens is 158 g/mol. The smallest absolute Gasteiger partial charge is 0.00870 e. The van der Waals surface area contributed by atoms with Crippen LogP contribution in [0.5, 0.6) is 0 Å². The van der Waals surface area contributed by atoms with Crippen molar-refractivity contribution in [3.05, 3.63) is 0 Å². The molecule has 0 aliphatic heterocycles. The third-order valence-corrected chi connectivity index (χ3v) is 3.01. The van der Waals surface area contributed by atoms with Crippen LogP contribution in [0.25, 0.3) is 0 Å². The Morgan fingerprint density at radius 3 is 2.23 bits per heavy atom. The topological polar surface area (TPSA) is 12.0 Å². The van der Waals surface area contributed by atoms with Crippen molar-refractivity contribution < 1.29 is 0 Å². The van der Waals surface area contributed by atoms with E-state index in [0.717, 1.165) is 12.0 Å². The number of hydrogen-bond donors (Lipinski definition) is 1. The van der Waals surface area contributed by atoms with Gasteiger partial charge in [-0.1, -0.05) is 46.5 Å². The summed E-state index contributed by atoms with van der Waals surface area (Å²) < 4.78 is 0. The lowest BCUT2D eigenvalue weighted by Crippen LogP contribution is -2.31. The average Bonchev–Trinajstić information content (AvgIpc) is 2.14. The largest absolute Gasteiger partial charge is 0.317 e. The zero-order valence-electron chi connectivity index (χ0n) is 9.90. The molecule has 0 saturated carbocycles. The fourth-order valence-corrected chi connectivity index (χ4v) is 1.99. The van der Waals surface area contributed by atoms with E-state index in [1.807, 2.05) is 0 Å². The molecule has 1 heteroatoms. The van der Waals surface area contributed by atoms with Crippen LogP contribution in [0.1, 0.15) is 59.3 Å². The molecule has 0 aliphatic carbocycles. The second kappa shape index (κ2) is 8.55. The summed E-state index contributed by atoms with van der Waals surface area (Å²) in [5.41, 5.74) is 0. The summed E-state index contributed by atoms with van der Waals surface area (Å²) in [5.74, 6) is 0.840. The first-order valence-corrected chi connectivity index (χ1v) is 5.93. The van der Waals surface area contributed by atoms with Gasteiger partial charge in [0.05, 0.1) is 0 Å². The van der Waals surface area contributed by atoms with Gasteiger partial charge in [-0.15, -0.1) is 0 Å². The second-order valence-electron chi connectivity index (χ2n) is 4.13. The van der Waals surface area contributed by atoms with E-state index in [9.17, 15) is 0 Å². The van der Waals surface area contributed by atoms with Crippen molar-refractivity contribution >= 4 is 0 Å². The number of unbranched alkanes of at least 4 members (excludes halogenated alkanes) is 3. The van der Waals surface area contributed by atoms with Gasteiger partial charge in [-0.2, -0.15) is 0 Å². The molecule has 0 spiro atoms. The molecule has 13 heavy (non-hydrogen) atoms. The van der Waals surface area contributed by atoms with Crippen LogP contribution in [-0.4, -0.2) is 13.1 Å². The zero-order valence-corrected chi connectivity index (χ0v) is 9.90. The van der Waals surface area contributed by atoms with E-state index in [1.54, 1.807) is 0 Å². The summed E-state index contributed by atoms with van der Waals surface area (Å²) in [6.45, 7) is 6.91. The molecule has 80 valence electrons. The van der Waals surface area contributed by atoms with Crippen molar-refractivity contribution in [2.75, 3.05) is 7.05 Å². The molecule has 0 aromatic heterocycles. The zero-order chi connectivity index (χ0) is 10.1. The Morgan fingerprint density at radius 1 is 1.08 bits per heavy atom. The van der Waals surface area contributed by atoms with Gasteiger partial charge in [0.1, 0.15) is 0 Å². The average molecular weight is 185 g/mol. The quantitative estimate of drug-likeness (QED) is 0.570. The number of rotatable bonds is 8. The fourth-order valence-electron chi connectivity index (χ4n) is 1.99. The van der Waals surface area contributed by atoms with Crippen molar-refractivity contribution in [1.29, 1.82) is 0 Å². The summed E-state index contributed by atoms with van der Waals surface area (Å²) in [6.07, 6.45) is 8.22. The monoisotopic (exact) mass is 185 g/mol. The fraction of sp³-hybridized carbons (Fsp3) is 1.00. The molecule has 0 aromatic carbocycles. The minimum absolute atomic E-state index is 0.724. The Hall–Kier alpha value is -0.0400. The standard InChI is InChI=1S/C12H27N/c1-5-7-8-9-10-11(3)12(6-2)13-4/h11-13H,5-10H2,1-4H3. The summed E-state index contributed by atoms with van der Waals surface area (Å²) in [5, 5.41) is 3.39. The molecule has 0 bridgehead atoms. The normalized spacial score (nSPS) is 15.7. The van der Waals surface area contributed by atoms with Crippen molar-refractivity contribution in [3.8, 4) is 0 Å². The third-order valence-electron chi connectivity index (χ3n) is 3.01. The molecule has 0 heterocycles. The van der Waals surface area contributed by atoms with Gasteiger partial charge >= 0.3 is 0 Å². The highest BCUT2D eigenvalue weighted by molar-refractivity contribution is 4.69. The van der Waals surface area contributed by atoms with Crippen LogP contribution in [0.15, 0.2) is 0 Å². The minimum atomic E-state index is 0.724. The molecular formula is C12H27N. The first-order chi connectivity index (χ1) is 6.26. The molecule has 0 saturated heterocycles. The van der Waals surface area contributed by atoms with E-state index in [4.69, 9.17) is 0 Å². The lowest BCUT2D eigenvalue weighted by atomic mass is 9.93. The molecule has 0 aliphatic rings. The van der Waals surface area contributed by atoms with Crippen molar-refractivity contribution in [3.63, 3.8) is 0 Å². The predicted molar refractivity (Wildman–Crippen MR) is 61.1 cm³/mol. The molecule has 2 unspecified atom stereocenters. The maximum absolute atomic E-state index is 3.39. The van der Waals surface area contributed by atoms with Crippen molar-refractivity contribution in [2.45, 2.75) is 65.3 Å². The Labute approximate surface area is 84.3 Å². The second-order valence-corrected chi connectivity index (χ2v) is 4.13. The van der Waals surface area contributed by atoms with Crippen LogP contribution in [0.2, 0.25) is 0 Å².